The molecule has 0 aliphatic carbocycles. The summed E-state index contributed by atoms with van der Waals surface area (Å²) in [5.41, 5.74) is 3.85. The lowest BCUT2D eigenvalue weighted by Gasteiger charge is -2.31. The van der Waals surface area contributed by atoms with Crippen LogP contribution in [0.25, 0.3) is 0 Å². The third kappa shape index (κ3) is 3.96. The number of benzene rings is 1. The summed E-state index contributed by atoms with van der Waals surface area (Å²) in [4.78, 5) is 0. The van der Waals surface area contributed by atoms with E-state index in [2.05, 4.69) is 54.2 Å². The minimum atomic E-state index is 0.431. The molecule has 2 unspecified atom stereocenters. The number of ether oxygens (including phenoxy) is 1. The van der Waals surface area contributed by atoms with Gasteiger partial charge in [0.15, 0.2) is 0 Å². The Morgan fingerprint density at radius 2 is 2.16 bits per heavy atom. The van der Waals surface area contributed by atoms with E-state index in [0.717, 1.165) is 19.4 Å². The summed E-state index contributed by atoms with van der Waals surface area (Å²) in [5.74, 6) is 0. The molecule has 1 aromatic rings. The molecule has 0 aromatic heterocycles. The van der Waals surface area contributed by atoms with Gasteiger partial charge in [0.25, 0.3) is 0 Å². The van der Waals surface area contributed by atoms with Crippen LogP contribution in [0.4, 0.5) is 5.69 Å². The van der Waals surface area contributed by atoms with E-state index in [9.17, 15) is 0 Å². The zero-order chi connectivity index (χ0) is 13.8. The van der Waals surface area contributed by atoms with E-state index in [0.29, 0.717) is 12.1 Å². The van der Waals surface area contributed by atoms with Crippen LogP contribution in [0, 0.1) is 13.8 Å². The molecule has 0 amide bonds. The third-order valence-electron chi connectivity index (χ3n) is 3.76. The number of rotatable bonds is 4. The fourth-order valence-corrected chi connectivity index (χ4v) is 3.63. The van der Waals surface area contributed by atoms with Crippen LogP contribution in [0.15, 0.2) is 16.6 Å². The Morgan fingerprint density at radius 1 is 1.37 bits per heavy atom. The van der Waals surface area contributed by atoms with Gasteiger partial charge in [0.2, 0.25) is 0 Å². The molecule has 1 aliphatic heterocycles. The number of halogens is 1. The maximum atomic E-state index is 5.81. The molecule has 106 valence electrons. The smallest absolute Gasteiger partial charge is 0.0594 e. The molecular formula is C16H24BrNO. The molecule has 2 atom stereocenters. The summed E-state index contributed by atoms with van der Waals surface area (Å²) in [7, 11) is 0. The number of nitrogens with one attached hydrogen (secondary N) is 1. The van der Waals surface area contributed by atoms with Crippen LogP contribution in [0.5, 0.6) is 0 Å². The van der Waals surface area contributed by atoms with Crippen molar-refractivity contribution in [3.05, 3.63) is 27.7 Å². The van der Waals surface area contributed by atoms with Crippen molar-refractivity contribution < 1.29 is 4.74 Å². The van der Waals surface area contributed by atoms with Crippen LogP contribution in [0.1, 0.15) is 43.7 Å². The van der Waals surface area contributed by atoms with Crippen molar-refractivity contribution in [3.63, 3.8) is 0 Å². The predicted octanol–water partition coefficient (Wildman–Crippen LogP) is 4.83. The van der Waals surface area contributed by atoms with Gasteiger partial charge in [-0.05, 0) is 66.2 Å². The topological polar surface area (TPSA) is 21.3 Å². The average Bonchev–Trinajstić information content (AvgIpc) is 2.35. The first kappa shape index (κ1) is 14.9. The van der Waals surface area contributed by atoms with Crippen molar-refractivity contribution in [1.82, 2.24) is 0 Å². The Bertz CT molecular complexity index is 408. The minimum Gasteiger partial charge on any atom is -0.381 e. The Balaban J connectivity index is 2.04. The quantitative estimate of drug-likeness (QED) is 0.856. The molecule has 2 nitrogen and oxygen atoms in total. The molecule has 0 spiro atoms. The van der Waals surface area contributed by atoms with Crippen LogP contribution in [-0.4, -0.2) is 18.8 Å². The van der Waals surface area contributed by atoms with Crippen molar-refractivity contribution in [3.8, 4) is 0 Å². The highest BCUT2D eigenvalue weighted by molar-refractivity contribution is 9.10. The summed E-state index contributed by atoms with van der Waals surface area (Å²) in [6.45, 7) is 7.40. The maximum absolute atomic E-state index is 5.81. The molecule has 3 heteroatoms. The SMILES string of the molecule is CCCC1CC(Nc2c(C)cc(C)cc2Br)CCO1. The Morgan fingerprint density at radius 3 is 2.84 bits per heavy atom. The molecule has 0 radical (unpaired) electrons. The van der Waals surface area contributed by atoms with Gasteiger partial charge in [-0.3, -0.25) is 0 Å². The third-order valence-corrected chi connectivity index (χ3v) is 4.38. The molecule has 1 N–H and O–H groups in total. The van der Waals surface area contributed by atoms with E-state index < -0.39 is 0 Å². The summed E-state index contributed by atoms with van der Waals surface area (Å²) >= 11 is 3.68. The minimum absolute atomic E-state index is 0.431. The van der Waals surface area contributed by atoms with E-state index in [1.165, 1.54) is 34.1 Å². The van der Waals surface area contributed by atoms with Gasteiger partial charge >= 0.3 is 0 Å². The predicted molar refractivity (Wildman–Crippen MR) is 84.9 cm³/mol. The van der Waals surface area contributed by atoms with E-state index in [4.69, 9.17) is 4.74 Å². The van der Waals surface area contributed by atoms with Gasteiger partial charge in [-0.2, -0.15) is 0 Å². The standard InChI is InChI=1S/C16H24BrNO/c1-4-5-14-10-13(6-7-19-14)18-16-12(3)8-11(2)9-15(16)17/h8-9,13-14,18H,4-7,10H2,1-3H3. The highest BCUT2D eigenvalue weighted by Crippen LogP contribution is 2.30. The van der Waals surface area contributed by atoms with Crippen molar-refractivity contribution in [2.45, 2.75) is 58.6 Å². The van der Waals surface area contributed by atoms with Gasteiger partial charge in [-0.1, -0.05) is 19.4 Å². The average molecular weight is 326 g/mol. The summed E-state index contributed by atoms with van der Waals surface area (Å²) in [6, 6.07) is 4.94. The molecule has 19 heavy (non-hydrogen) atoms. The van der Waals surface area contributed by atoms with Crippen molar-refractivity contribution in [1.29, 1.82) is 0 Å². The largest absolute Gasteiger partial charge is 0.381 e. The van der Waals surface area contributed by atoms with Gasteiger partial charge < -0.3 is 10.1 Å². The lowest BCUT2D eigenvalue weighted by molar-refractivity contribution is 0.00596. The summed E-state index contributed by atoms with van der Waals surface area (Å²) in [5, 5.41) is 3.71. The zero-order valence-electron chi connectivity index (χ0n) is 12.1. The molecule has 1 fully saturated rings. The monoisotopic (exact) mass is 325 g/mol. The van der Waals surface area contributed by atoms with Gasteiger partial charge in [-0.25, -0.2) is 0 Å². The van der Waals surface area contributed by atoms with Crippen LogP contribution in [0.2, 0.25) is 0 Å². The highest BCUT2D eigenvalue weighted by atomic mass is 79.9. The summed E-state index contributed by atoms with van der Waals surface area (Å²) in [6.07, 6.45) is 5.02. The maximum Gasteiger partial charge on any atom is 0.0594 e. The Labute approximate surface area is 125 Å². The fraction of sp³-hybridized carbons (Fsp3) is 0.625. The van der Waals surface area contributed by atoms with E-state index in [1.807, 2.05) is 0 Å². The van der Waals surface area contributed by atoms with Gasteiger partial charge in [0.05, 0.1) is 11.8 Å². The summed E-state index contributed by atoms with van der Waals surface area (Å²) < 4.78 is 6.98. The first-order valence-electron chi connectivity index (χ1n) is 7.25. The number of hydrogen-bond acceptors (Lipinski definition) is 2. The molecule has 1 aliphatic rings. The molecule has 0 saturated carbocycles. The number of anilines is 1. The van der Waals surface area contributed by atoms with Gasteiger partial charge in [0.1, 0.15) is 0 Å². The van der Waals surface area contributed by atoms with Crippen LogP contribution < -0.4 is 5.32 Å². The van der Waals surface area contributed by atoms with Gasteiger partial charge in [-0.15, -0.1) is 0 Å². The lowest BCUT2D eigenvalue weighted by Crippen LogP contribution is -2.34. The Hall–Kier alpha value is -0.540. The molecule has 1 aromatic carbocycles. The second-order valence-electron chi connectivity index (χ2n) is 5.59. The lowest BCUT2D eigenvalue weighted by atomic mass is 9.99. The number of hydrogen-bond donors (Lipinski definition) is 1. The van der Waals surface area contributed by atoms with Crippen molar-refractivity contribution in [2.75, 3.05) is 11.9 Å². The van der Waals surface area contributed by atoms with Crippen molar-refractivity contribution in [2.24, 2.45) is 0 Å². The van der Waals surface area contributed by atoms with Crippen LogP contribution in [-0.2, 0) is 4.74 Å². The second-order valence-corrected chi connectivity index (χ2v) is 6.44. The normalized spacial score (nSPS) is 23.4. The Kier molecular flexibility index (Phi) is 5.28. The van der Waals surface area contributed by atoms with E-state index in [1.54, 1.807) is 0 Å². The van der Waals surface area contributed by atoms with Gasteiger partial charge in [0, 0.05) is 17.1 Å². The first-order chi connectivity index (χ1) is 9.10. The fourth-order valence-electron chi connectivity index (χ4n) is 2.84. The second kappa shape index (κ2) is 6.76. The van der Waals surface area contributed by atoms with E-state index in [-0.39, 0.29) is 0 Å². The van der Waals surface area contributed by atoms with E-state index >= 15 is 0 Å². The highest BCUT2D eigenvalue weighted by Gasteiger charge is 2.22. The van der Waals surface area contributed by atoms with Crippen LogP contribution >= 0.6 is 15.9 Å². The molecule has 2 rings (SSSR count). The molecule has 1 saturated heterocycles. The van der Waals surface area contributed by atoms with Crippen LogP contribution in [0.3, 0.4) is 0 Å². The molecular weight excluding hydrogens is 302 g/mol. The number of aryl methyl sites for hydroxylation is 2. The molecule has 0 bridgehead atoms. The molecule has 1 heterocycles. The first-order valence-corrected chi connectivity index (χ1v) is 8.04. The zero-order valence-corrected chi connectivity index (χ0v) is 13.7. The van der Waals surface area contributed by atoms with Crippen molar-refractivity contribution >= 4 is 21.6 Å².